The molecule has 0 aliphatic heterocycles. The van der Waals surface area contributed by atoms with Gasteiger partial charge in [0.05, 0.1) is 11.4 Å². The lowest BCUT2D eigenvalue weighted by Gasteiger charge is -2.07. The first-order valence-corrected chi connectivity index (χ1v) is 6.47. The highest BCUT2D eigenvalue weighted by atomic mass is 14.7. The molecule has 0 saturated heterocycles. The van der Waals surface area contributed by atoms with E-state index < -0.39 is 0 Å². The van der Waals surface area contributed by atoms with Gasteiger partial charge in [0.25, 0.3) is 0 Å². The van der Waals surface area contributed by atoms with Crippen LogP contribution in [0, 0.1) is 0 Å². The quantitative estimate of drug-likeness (QED) is 0.693. The Morgan fingerprint density at radius 3 is 1.70 bits per heavy atom. The highest BCUT2D eigenvalue weighted by molar-refractivity contribution is 5.73. The van der Waals surface area contributed by atoms with Gasteiger partial charge in [-0.3, -0.25) is 9.97 Å². The summed E-state index contributed by atoms with van der Waals surface area (Å²) in [6.07, 6.45) is 5.45. The van der Waals surface area contributed by atoms with E-state index in [9.17, 15) is 0 Å². The molecule has 3 aromatic rings. The Bertz CT molecular complexity index is 661. The van der Waals surface area contributed by atoms with E-state index in [2.05, 4.69) is 34.7 Å². The molecular formula is C18H14N2. The molecule has 0 saturated carbocycles. The average molecular weight is 258 g/mol. The van der Waals surface area contributed by atoms with Crippen LogP contribution in [0.1, 0.15) is 5.56 Å². The van der Waals surface area contributed by atoms with Gasteiger partial charge in [-0.15, -0.1) is 0 Å². The minimum absolute atomic E-state index is 0.952. The predicted molar refractivity (Wildman–Crippen MR) is 83.0 cm³/mol. The zero-order valence-corrected chi connectivity index (χ0v) is 11.0. The summed E-state index contributed by atoms with van der Waals surface area (Å²) in [5, 5.41) is 0. The number of hydrogen-bond acceptors (Lipinski definition) is 2. The maximum absolute atomic E-state index is 4.40. The molecule has 0 amide bonds. The largest absolute Gasteiger partial charge is 0.256 e. The van der Waals surface area contributed by atoms with Gasteiger partial charge in [-0.25, -0.2) is 0 Å². The number of nitrogens with zero attached hydrogens (tertiary/aromatic N) is 2. The molecule has 3 rings (SSSR count). The summed E-state index contributed by atoms with van der Waals surface area (Å²) < 4.78 is 0. The van der Waals surface area contributed by atoms with Crippen molar-refractivity contribution < 1.29 is 0 Å². The van der Waals surface area contributed by atoms with Crippen LogP contribution in [0.3, 0.4) is 0 Å². The van der Waals surface area contributed by atoms with E-state index in [1.165, 1.54) is 0 Å². The van der Waals surface area contributed by atoms with Crippen LogP contribution in [-0.2, 0) is 0 Å². The van der Waals surface area contributed by atoms with Crippen molar-refractivity contribution in [2.24, 2.45) is 0 Å². The van der Waals surface area contributed by atoms with Crippen LogP contribution in [0.25, 0.3) is 28.6 Å². The molecule has 20 heavy (non-hydrogen) atoms. The van der Waals surface area contributed by atoms with Crippen LogP contribution in [-0.4, -0.2) is 9.97 Å². The fourth-order valence-electron chi connectivity index (χ4n) is 2.13. The monoisotopic (exact) mass is 258 g/mol. The normalized spacial score (nSPS) is 10.2. The summed E-state index contributed by atoms with van der Waals surface area (Å²) in [5.74, 6) is 0. The standard InChI is InChI=1S/C18H14N2/c1-2-14-11-15(17-7-3-5-9-19-17)13-16(12-14)18-8-4-6-10-20-18/h2-13H,1H2. The van der Waals surface area contributed by atoms with Crippen LogP contribution in [0.15, 0.2) is 73.6 Å². The van der Waals surface area contributed by atoms with Crippen LogP contribution >= 0.6 is 0 Å². The van der Waals surface area contributed by atoms with E-state index in [0.29, 0.717) is 0 Å². The van der Waals surface area contributed by atoms with Gasteiger partial charge in [0.2, 0.25) is 0 Å². The fraction of sp³-hybridized carbons (Fsp3) is 0. The second-order valence-electron chi connectivity index (χ2n) is 4.48. The molecule has 0 aliphatic carbocycles. The summed E-state index contributed by atoms with van der Waals surface area (Å²) in [6.45, 7) is 3.86. The molecule has 96 valence electrons. The third-order valence-corrected chi connectivity index (χ3v) is 3.11. The van der Waals surface area contributed by atoms with Gasteiger partial charge in [0.15, 0.2) is 0 Å². The van der Waals surface area contributed by atoms with Gasteiger partial charge in [-0.1, -0.05) is 24.8 Å². The van der Waals surface area contributed by atoms with Gasteiger partial charge < -0.3 is 0 Å². The van der Waals surface area contributed by atoms with E-state index in [1.807, 2.05) is 42.5 Å². The van der Waals surface area contributed by atoms with Crippen LogP contribution in [0.2, 0.25) is 0 Å². The molecule has 0 spiro atoms. The molecule has 0 fully saturated rings. The number of hydrogen-bond donors (Lipinski definition) is 0. The molecule has 0 N–H and O–H groups in total. The van der Waals surface area contributed by atoms with Crippen LogP contribution in [0.5, 0.6) is 0 Å². The minimum Gasteiger partial charge on any atom is -0.256 e. The molecular weight excluding hydrogens is 244 g/mol. The van der Waals surface area contributed by atoms with Crippen molar-refractivity contribution in [2.45, 2.75) is 0 Å². The Morgan fingerprint density at radius 2 is 1.30 bits per heavy atom. The first-order chi connectivity index (χ1) is 9.86. The van der Waals surface area contributed by atoms with Crippen molar-refractivity contribution in [1.29, 1.82) is 0 Å². The Kier molecular flexibility index (Phi) is 3.38. The van der Waals surface area contributed by atoms with Gasteiger partial charge in [-0.05, 0) is 48.0 Å². The Balaban J connectivity index is 2.15. The maximum atomic E-state index is 4.40. The van der Waals surface area contributed by atoms with E-state index in [4.69, 9.17) is 0 Å². The number of rotatable bonds is 3. The smallest absolute Gasteiger partial charge is 0.0702 e. The molecule has 0 unspecified atom stereocenters. The van der Waals surface area contributed by atoms with Crippen molar-refractivity contribution >= 4 is 6.08 Å². The molecule has 0 atom stereocenters. The van der Waals surface area contributed by atoms with Crippen LogP contribution < -0.4 is 0 Å². The molecule has 0 aliphatic rings. The molecule has 1 aromatic carbocycles. The summed E-state index contributed by atoms with van der Waals surface area (Å²) >= 11 is 0. The van der Waals surface area contributed by atoms with Crippen LogP contribution in [0.4, 0.5) is 0 Å². The molecule has 2 aromatic heterocycles. The zero-order valence-electron chi connectivity index (χ0n) is 11.0. The SMILES string of the molecule is C=Cc1cc(-c2ccccn2)cc(-c2ccccn2)c1. The third-order valence-electron chi connectivity index (χ3n) is 3.11. The minimum atomic E-state index is 0.952. The number of aromatic nitrogens is 2. The van der Waals surface area contributed by atoms with E-state index in [0.717, 1.165) is 28.1 Å². The lowest BCUT2D eigenvalue weighted by molar-refractivity contribution is 1.31. The van der Waals surface area contributed by atoms with Crippen molar-refractivity contribution in [3.8, 4) is 22.5 Å². The zero-order chi connectivity index (χ0) is 13.8. The lowest BCUT2D eigenvalue weighted by atomic mass is 10.0. The first-order valence-electron chi connectivity index (χ1n) is 6.47. The van der Waals surface area contributed by atoms with E-state index >= 15 is 0 Å². The molecule has 2 nitrogen and oxygen atoms in total. The number of benzene rings is 1. The summed E-state index contributed by atoms with van der Waals surface area (Å²) in [4.78, 5) is 8.81. The van der Waals surface area contributed by atoms with Gasteiger partial charge in [-0.2, -0.15) is 0 Å². The Hall–Kier alpha value is -2.74. The summed E-state index contributed by atoms with van der Waals surface area (Å²) in [5.41, 5.74) is 5.11. The molecule has 2 heteroatoms. The fourth-order valence-corrected chi connectivity index (χ4v) is 2.13. The Morgan fingerprint density at radius 1 is 0.750 bits per heavy atom. The topological polar surface area (TPSA) is 25.8 Å². The molecule has 2 heterocycles. The van der Waals surface area contributed by atoms with E-state index in [1.54, 1.807) is 12.4 Å². The second-order valence-corrected chi connectivity index (χ2v) is 4.48. The van der Waals surface area contributed by atoms with E-state index in [-0.39, 0.29) is 0 Å². The molecule has 0 bridgehead atoms. The predicted octanol–water partition coefficient (Wildman–Crippen LogP) is 4.45. The highest BCUT2D eigenvalue weighted by Gasteiger charge is 2.05. The van der Waals surface area contributed by atoms with Gasteiger partial charge in [0, 0.05) is 23.5 Å². The first kappa shape index (κ1) is 12.3. The third kappa shape index (κ3) is 2.50. The average Bonchev–Trinajstić information content (AvgIpc) is 2.56. The lowest BCUT2D eigenvalue weighted by Crippen LogP contribution is -1.88. The van der Waals surface area contributed by atoms with Gasteiger partial charge >= 0.3 is 0 Å². The summed E-state index contributed by atoms with van der Waals surface area (Å²) in [7, 11) is 0. The summed E-state index contributed by atoms with van der Waals surface area (Å²) in [6, 6.07) is 18.1. The molecule has 0 radical (unpaired) electrons. The van der Waals surface area contributed by atoms with Crippen molar-refractivity contribution in [1.82, 2.24) is 9.97 Å². The van der Waals surface area contributed by atoms with Crippen molar-refractivity contribution in [3.63, 3.8) is 0 Å². The highest BCUT2D eigenvalue weighted by Crippen LogP contribution is 2.26. The second kappa shape index (κ2) is 5.49. The maximum Gasteiger partial charge on any atom is 0.0702 e. The van der Waals surface area contributed by atoms with Crippen molar-refractivity contribution in [3.05, 3.63) is 79.1 Å². The Labute approximate surface area is 118 Å². The van der Waals surface area contributed by atoms with Gasteiger partial charge in [0.1, 0.15) is 0 Å². The van der Waals surface area contributed by atoms with Crippen molar-refractivity contribution in [2.75, 3.05) is 0 Å². The number of pyridine rings is 2.